The first kappa shape index (κ1) is 18.0. The van der Waals surface area contributed by atoms with Gasteiger partial charge in [-0.25, -0.2) is 0 Å². The van der Waals surface area contributed by atoms with Crippen molar-refractivity contribution in [3.8, 4) is 0 Å². The van der Waals surface area contributed by atoms with Gasteiger partial charge in [0.05, 0.1) is 6.10 Å². The predicted molar refractivity (Wildman–Crippen MR) is 82.2 cm³/mol. The molecule has 0 bridgehead atoms. The molecule has 0 aliphatic carbocycles. The van der Waals surface area contributed by atoms with Gasteiger partial charge in [0.2, 0.25) is 0 Å². The Labute approximate surface area is 116 Å². The molecule has 1 heteroatoms. The van der Waals surface area contributed by atoms with E-state index in [0.29, 0.717) is 6.10 Å². The first-order chi connectivity index (χ1) is 8.85. The minimum Gasteiger partial charge on any atom is -0.381 e. The minimum atomic E-state index is 0.526. The summed E-state index contributed by atoms with van der Waals surface area (Å²) in [6, 6.07) is 0. The van der Waals surface area contributed by atoms with Gasteiger partial charge in [-0.1, -0.05) is 84.5 Å². The van der Waals surface area contributed by atoms with Crippen molar-refractivity contribution in [3.05, 3.63) is 0 Å². The van der Waals surface area contributed by atoms with E-state index >= 15 is 0 Å². The third-order valence-electron chi connectivity index (χ3n) is 3.84. The third kappa shape index (κ3) is 12.4. The normalized spacial score (nSPS) is 12.8. The molecule has 1 atom stereocenters. The van der Waals surface area contributed by atoms with E-state index in [2.05, 4.69) is 13.8 Å². The lowest BCUT2D eigenvalue weighted by Gasteiger charge is -2.15. The summed E-state index contributed by atoms with van der Waals surface area (Å²) in [5.41, 5.74) is 0. The lowest BCUT2D eigenvalue weighted by atomic mass is 10.0. The SMILES string of the molecule is CCCCCCCCC(CCCCCCC)OC. The van der Waals surface area contributed by atoms with Crippen molar-refractivity contribution in [3.63, 3.8) is 0 Å². The molecular weight excluding hydrogens is 220 g/mol. The van der Waals surface area contributed by atoms with Crippen LogP contribution in [0.2, 0.25) is 0 Å². The second kappa shape index (κ2) is 15.0. The van der Waals surface area contributed by atoms with Crippen molar-refractivity contribution in [1.29, 1.82) is 0 Å². The van der Waals surface area contributed by atoms with Gasteiger partial charge in [-0.05, 0) is 12.8 Å². The highest BCUT2D eigenvalue weighted by atomic mass is 16.5. The molecule has 18 heavy (non-hydrogen) atoms. The molecule has 0 radical (unpaired) electrons. The Morgan fingerprint density at radius 1 is 0.611 bits per heavy atom. The van der Waals surface area contributed by atoms with Crippen molar-refractivity contribution in [1.82, 2.24) is 0 Å². The highest BCUT2D eigenvalue weighted by molar-refractivity contribution is 4.59. The fraction of sp³-hybridized carbons (Fsp3) is 1.00. The molecule has 0 aromatic rings. The Hall–Kier alpha value is -0.0400. The Bertz CT molecular complexity index is 145. The second-order valence-corrected chi connectivity index (χ2v) is 5.62. The van der Waals surface area contributed by atoms with Gasteiger partial charge in [-0.3, -0.25) is 0 Å². The van der Waals surface area contributed by atoms with Crippen LogP contribution in [0.15, 0.2) is 0 Å². The fourth-order valence-corrected chi connectivity index (χ4v) is 2.51. The topological polar surface area (TPSA) is 9.23 Å². The van der Waals surface area contributed by atoms with Crippen LogP contribution in [-0.2, 0) is 4.74 Å². The Morgan fingerprint density at radius 3 is 1.39 bits per heavy atom. The first-order valence-electron chi connectivity index (χ1n) is 8.37. The molecule has 0 aromatic carbocycles. The minimum absolute atomic E-state index is 0.526. The average molecular weight is 256 g/mol. The summed E-state index contributed by atoms with van der Waals surface area (Å²) < 4.78 is 5.58. The van der Waals surface area contributed by atoms with E-state index in [1.807, 2.05) is 7.11 Å². The lowest BCUT2D eigenvalue weighted by molar-refractivity contribution is 0.0831. The standard InChI is InChI=1S/C17H36O/c1-4-6-8-10-12-14-16-17(18-3)15-13-11-9-7-5-2/h17H,4-16H2,1-3H3. The number of hydrogen-bond donors (Lipinski definition) is 0. The van der Waals surface area contributed by atoms with E-state index in [0.717, 1.165) is 0 Å². The van der Waals surface area contributed by atoms with Gasteiger partial charge in [0, 0.05) is 7.11 Å². The molecule has 0 heterocycles. The first-order valence-corrected chi connectivity index (χ1v) is 8.37. The van der Waals surface area contributed by atoms with Crippen LogP contribution in [0.25, 0.3) is 0 Å². The predicted octanol–water partition coefficient (Wildman–Crippen LogP) is 6.11. The van der Waals surface area contributed by atoms with Crippen molar-refractivity contribution in [2.75, 3.05) is 7.11 Å². The van der Waals surface area contributed by atoms with Crippen LogP contribution in [-0.4, -0.2) is 13.2 Å². The third-order valence-corrected chi connectivity index (χ3v) is 3.84. The maximum absolute atomic E-state index is 5.58. The van der Waals surface area contributed by atoms with Gasteiger partial charge in [0.15, 0.2) is 0 Å². The summed E-state index contributed by atoms with van der Waals surface area (Å²) in [4.78, 5) is 0. The summed E-state index contributed by atoms with van der Waals surface area (Å²) in [6.07, 6.45) is 18.3. The van der Waals surface area contributed by atoms with E-state index in [4.69, 9.17) is 4.74 Å². The highest BCUT2D eigenvalue weighted by Gasteiger charge is 2.06. The van der Waals surface area contributed by atoms with E-state index in [9.17, 15) is 0 Å². The molecule has 0 saturated heterocycles. The molecule has 0 fully saturated rings. The number of hydrogen-bond acceptors (Lipinski definition) is 1. The number of unbranched alkanes of at least 4 members (excludes halogenated alkanes) is 9. The monoisotopic (exact) mass is 256 g/mol. The molecule has 1 unspecified atom stereocenters. The van der Waals surface area contributed by atoms with Crippen LogP contribution in [0, 0.1) is 0 Å². The number of methoxy groups -OCH3 is 1. The van der Waals surface area contributed by atoms with E-state index < -0.39 is 0 Å². The summed E-state index contributed by atoms with van der Waals surface area (Å²) in [5.74, 6) is 0. The van der Waals surface area contributed by atoms with Crippen molar-refractivity contribution in [2.24, 2.45) is 0 Å². The van der Waals surface area contributed by atoms with Gasteiger partial charge in [0.25, 0.3) is 0 Å². The molecule has 0 aliphatic heterocycles. The smallest absolute Gasteiger partial charge is 0.0571 e. The van der Waals surface area contributed by atoms with Crippen LogP contribution in [0.5, 0.6) is 0 Å². The molecule has 0 saturated carbocycles. The summed E-state index contributed by atoms with van der Waals surface area (Å²) in [5, 5.41) is 0. The van der Waals surface area contributed by atoms with Crippen molar-refractivity contribution in [2.45, 2.75) is 103 Å². The molecule has 110 valence electrons. The van der Waals surface area contributed by atoms with Crippen LogP contribution in [0.3, 0.4) is 0 Å². The Morgan fingerprint density at radius 2 is 1.00 bits per heavy atom. The molecule has 0 aliphatic rings. The molecule has 1 nitrogen and oxygen atoms in total. The zero-order chi connectivity index (χ0) is 13.5. The zero-order valence-corrected chi connectivity index (χ0v) is 13.2. The fourth-order valence-electron chi connectivity index (χ4n) is 2.51. The van der Waals surface area contributed by atoms with Gasteiger partial charge in [-0.15, -0.1) is 0 Å². The summed E-state index contributed by atoms with van der Waals surface area (Å²) >= 11 is 0. The highest BCUT2D eigenvalue weighted by Crippen LogP contribution is 2.15. The van der Waals surface area contributed by atoms with E-state index in [1.54, 1.807) is 0 Å². The molecule has 0 N–H and O–H groups in total. The Balaban J connectivity index is 3.29. The van der Waals surface area contributed by atoms with Crippen LogP contribution >= 0.6 is 0 Å². The largest absolute Gasteiger partial charge is 0.381 e. The van der Waals surface area contributed by atoms with Crippen molar-refractivity contribution >= 4 is 0 Å². The zero-order valence-electron chi connectivity index (χ0n) is 13.2. The molecule has 0 rings (SSSR count). The van der Waals surface area contributed by atoms with E-state index in [-0.39, 0.29) is 0 Å². The molecule has 0 spiro atoms. The van der Waals surface area contributed by atoms with Crippen LogP contribution < -0.4 is 0 Å². The molecule has 0 amide bonds. The maximum Gasteiger partial charge on any atom is 0.0571 e. The Kier molecular flexibility index (Phi) is 15.0. The summed E-state index contributed by atoms with van der Waals surface area (Å²) in [6.45, 7) is 4.55. The molecular formula is C17H36O. The summed E-state index contributed by atoms with van der Waals surface area (Å²) in [7, 11) is 1.88. The second-order valence-electron chi connectivity index (χ2n) is 5.62. The number of rotatable bonds is 14. The van der Waals surface area contributed by atoms with Gasteiger partial charge in [0.1, 0.15) is 0 Å². The molecule has 0 aromatic heterocycles. The maximum atomic E-state index is 5.58. The van der Waals surface area contributed by atoms with Gasteiger partial charge in [-0.2, -0.15) is 0 Å². The van der Waals surface area contributed by atoms with Crippen LogP contribution in [0.4, 0.5) is 0 Å². The van der Waals surface area contributed by atoms with E-state index in [1.165, 1.54) is 83.5 Å². The van der Waals surface area contributed by atoms with Crippen LogP contribution in [0.1, 0.15) is 97.3 Å². The number of ether oxygens (including phenoxy) is 1. The quantitative estimate of drug-likeness (QED) is 0.341. The lowest BCUT2D eigenvalue weighted by Crippen LogP contribution is -2.10. The van der Waals surface area contributed by atoms with Gasteiger partial charge >= 0.3 is 0 Å². The van der Waals surface area contributed by atoms with Crippen molar-refractivity contribution < 1.29 is 4.74 Å². The van der Waals surface area contributed by atoms with Gasteiger partial charge < -0.3 is 4.74 Å². The average Bonchev–Trinajstić information content (AvgIpc) is 2.40.